The zero-order valence-corrected chi connectivity index (χ0v) is 9.14. The van der Waals surface area contributed by atoms with Crippen LogP contribution in [0.3, 0.4) is 0 Å². The molecule has 0 aliphatic carbocycles. The summed E-state index contributed by atoms with van der Waals surface area (Å²) < 4.78 is 0. The van der Waals surface area contributed by atoms with E-state index in [4.69, 9.17) is 5.26 Å². The molecule has 2 rings (SSSR count). The van der Waals surface area contributed by atoms with Gasteiger partial charge < -0.3 is 10.3 Å². The lowest BCUT2D eigenvalue weighted by Crippen LogP contribution is -2.07. The Bertz CT molecular complexity index is 499. The minimum absolute atomic E-state index is 0.491. The lowest BCUT2D eigenvalue weighted by Gasteiger charge is -2.05. The van der Waals surface area contributed by atoms with Crippen LogP contribution >= 0.6 is 0 Å². The summed E-state index contributed by atoms with van der Waals surface area (Å²) in [6.07, 6.45) is 6.01. The van der Waals surface area contributed by atoms with Crippen molar-refractivity contribution < 1.29 is 0 Å². The molecule has 2 aromatic heterocycles. The highest BCUT2D eigenvalue weighted by Crippen LogP contribution is 2.07. The number of rotatable bonds is 5. The molecule has 0 bridgehead atoms. The van der Waals surface area contributed by atoms with Gasteiger partial charge in [-0.2, -0.15) is 5.26 Å². The summed E-state index contributed by atoms with van der Waals surface area (Å²) in [5.41, 5.74) is 1.17. The number of nitrogens with zero attached hydrogens (tertiary/aromatic N) is 3. The number of anilines is 2. The van der Waals surface area contributed by atoms with Gasteiger partial charge in [0.05, 0.1) is 0 Å². The highest BCUT2D eigenvalue weighted by molar-refractivity contribution is 5.48. The smallest absolute Gasteiger partial charge is 0.182 e. The number of nitriles is 1. The molecule has 0 saturated heterocycles. The lowest BCUT2D eigenvalue weighted by atomic mass is 10.3. The van der Waals surface area contributed by atoms with Crippen molar-refractivity contribution in [3.8, 4) is 6.19 Å². The molecule has 17 heavy (non-hydrogen) atoms. The van der Waals surface area contributed by atoms with Crippen LogP contribution in [-0.2, 0) is 6.42 Å². The Morgan fingerprint density at radius 2 is 2.24 bits per heavy atom. The van der Waals surface area contributed by atoms with Gasteiger partial charge in [-0.25, -0.2) is 9.97 Å². The van der Waals surface area contributed by atoms with E-state index in [2.05, 4.69) is 25.6 Å². The Morgan fingerprint density at radius 3 is 3.00 bits per heavy atom. The molecule has 2 aromatic rings. The van der Waals surface area contributed by atoms with Crippen molar-refractivity contribution in [2.45, 2.75) is 6.42 Å². The fourth-order valence-electron chi connectivity index (χ4n) is 1.43. The van der Waals surface area contributed by atoms with Crippen molar-refractivity contribution in [2.75, 3.05) is 17.2 Å². The van der Waals surface area contributed by atoms with E-state index in [0.29, 0.717) is 11.6 Å². The summed E-state index contributed by atoms with van der Waals surface area (Å²) >= 11 is 0. The Kier molecular flexibility index (Phi) is 3.55. The molecule has 0 atom stereocenters. The van der Waals surface area contributed by atoms with E-state index in [-0.39, 0.29) is 0 Å². The third-order valence-corrected chi connectivity index (χ3v) is 2.21. The van der Waals surface area contributed by atoms with Gasteiger partial charge in [0.15, 0.2) is 6.19 Å². The summed E-state index contributed by atoms with van der Waals surface area (Å²) in [5, 5.41) is 14.1. The lowest BCUT2D eigenvalue weighted by molar-refractivity contribution is 0.965. The first kappa shape index (κ1) is 11.0. The van der Waals surface area contributed by atoms with E-state index in [0.717, 1.165) is 13.0 Å². The molecular formula is C11H12N6. The van der Waals surface area contributed by atoms with Crippen LogP contribution in [0.1, 0.15) is 5.69 Å². The zero-order chi connectivity index (χ0) is 11.9. The summed E-state index contributed by atoms with van der Waals surface area (Å²) in [6.45, 7) is 0.767. The van der Waals surface area contributed by atoms with Crippen LogP contribution in [0.2, 0.25) is 0 Å². The van der Waals surface area contributed by atoms with Gasteiger partial charge in [-0.3, -0.25) is 5.32 Å². The van der Waals surface area contributed by atoms with Gasteiger partial charge in [0.2, 0.25) is 0 Å². The second-order valence-electron chi connectivity index (χ2n) is 3.40. The third-order valence-electron chi connectivity index (χ3n) is 2.21. The number of hydrogen-bond donors (Lipinski definition) is 3. The van der Waals surface area contributed by atoms with E-state index >= 15 is 0 Å². The van der Waals surface area contributed by atoms with Crippen LogP contribution in [0, 0.1) is 11.5 Å². The summed E-state index contributed by atoms with van der Waals surface area (Å²) in [5.74, 6) is 1.19. The largest absolute Gasteiger partial charge is 0.370 e. The van der Waals surface area contributed by atoms with E-state index in [9.17, 15) is 0 Å². The molecule has 6 nitrogen and oxygen atoms in total. The fourth-order valence-corrected chi connectivity index (χ4v) is 1.43. The van der Waals surface area contributed by atoms with Crippen LogP contribution in [0.15, 0.2) is 30.7 Å². The van der Waals surface area contributed by atoms with E-state index in [1.165, 1.54) is 12.0 Å². The van der Waals surface area contributed by atoms with Gasteiger partial charge in [-0.15, -0.1) is 0 Å². The number of H-pyrrole nitrogens is 1. The van der Waals surface area contributed by atoms with Crippen molar-refractivity contribution in [3.05, 3.63) is 36.4 Å². The Labute approximate surface area is 98.7 Å². The van der Waals surface area contributed by atoms with E-state index < -0.39 is 0 Å². The molecule has 0 fully saturated rings. The van der Waals surface area contributed by atoms with Gasteiger partial charge in [-0.1, -0.05) is 0 Å². The van der Waals surface area contributed by atoms with Crippen molar-refractivity contribution in [3.63, 3.8) is 0 Å². The maximum absolute atomic E-state index is 8.47. The molecule has 0 aliphatic rings. The van der Waals surface area contributed by atoms with Crippen LogP contribution in [0.4, 0.5) is 11.6 Å². The maximum atomic E-state index is 8.47. The Morgan fingerprint density at radius 1 is 1.35 bits per heavy atom. The molecule has 6 heteroatoms. The molecule has 0 spiro atoms. The standard InChI is InChI=1S/C11H12N6/c12-7-15-11-6-10(16-8-17-11)14-5-3-9-2-1-4-13-9/h1-2,4,6,8,13H,3,5H2,(H2,14,15,16,17). The predicted octanol–water partition coefficient (Wildman–Crippen LogP) is 1.35. The number of aromatic amines is 1. The van der Waals surface area contributed by atoms with Gasteiger partial charge >= 0.3 is 0 Å². The first-order valence-electron chi connectivity index (χ1n) is 5.22. The van der Waals surface area contributed by atoms with Gasteiger partial charge in [0.25, 0.3) is 0 Å². The zero-order valence-electron chi connectivity index (χ0n) is 9.14. The second-order valence-corrected chi connectivity index (χ2v) is 3.40. The summed E-state index contributed by atoms with van der Waals surface area (Å²) in [4.78, 5) is 11.1. The highest BCUT2D eigenvalue weighted by atomic mass is 15.1. The molecule has 0 aliphatic heterocycles. The van der Waals surface area contributed by atoms with Crippen LogP contribution < -0.4 is 10.6 Å². The third kappa shape index (κ3) is 3.21. The molecule has 0 radical (unpaired) electrons. The molecule has 0 saturated carbocycles. The minimum Gasteiger partial charge on any atom is -0.370 e. The van der Waals surface area contributed by atoms with E-state index in [1.807, 2.05) is 24.5 Å². The topological polar surface area (TPSA) is 89.4 Å². The summed E-state index contributed by atoms with van der Waals surface area (Å²) in [6, 6.07) is 5.69. The molecular weight excluding hydrogens is 216 g/mol. The van der Waals surface area contributed by atoms with Crippen LogP contribution in [0.5, 0.6) is 0 Å². The second kappa shape index (κ2) is 5.51. The quantitative estimate of drug-likeness (QED) is 0.531. The molecule has 0 aromatic carbocycles. The van der Waals surface area contributed by atoms with Crippen molar-refractivity contribution in [2.24, 2.45) is 0 Å². The summed E-state index contributed by atoms with van der Waals surface area (Å²) in [7, 11) is 0. The molecule has 3 N–H and O–H groups in total. The van der Waals surface area contributed by atoms with Crippen LogP contribution in [-0.4, -0.2) is 21.5 Å². The molecule has 0 amide bonds. The monoisotopic (exact) mass is 228 g/mol. The van der Waals surface area contributed by atoms with Crippen molar-refractivity contribution >= 4 is 11.6 Å². The molecule has 0 unspecified atom stereocenters. The van der Waals surface area contributed by atoms with Gasteiger partial charge in [-0.05, 0) is 12.1 Å². The Hall–Kier alpha value is -2.55. The first-order valence-corrected chi connectivity index (χ1v) is 5.22. The first-order chi connectivity index (χ1) is 8.38. The van der Waals surface area contributed by atoms with Crippen LogP contribution in [0.25, 0.3) is 0 Å². The minimum atomic E-state index is 0.491. The highest BCUT2D eigenvalue weighted by Gasteiger charge is 1.98. The van der Waals surface area contributed by atoms with Gasteiger partial charge in [0.1, 0.15) is 18.0 Å². The van der Waals surface area contributed by atoms with Crippen molar-refractivity contribution in [1.29, 1.82) is 5.26 Å². The fraction of sp³-hybridized carbons (Fsp3) is 0.182. The average Bonchev–Trinajstić information content (AvgIpc) is 2.83. The number of aromatic nitrogens is 3. The van der Waals surface area contributed by atoms with Crippen molar-refractivity contribution in [1.82, 2.24) is 15.0 Å². The normalized spacial score (nSPS) is 9.59. The number of hydrogen-bond acceptors (Lipinski definition) is 5. The predicted molar refractivity (Wildman–Crippen MR) is 64.3 cm³/mol. The molecule has 2 heterocycles. The average molecular weight is 228 g/mol. The maximum Gasteiger partial charge on any atom is 0.182 e. The number of nitrogens with one attached hydrogen (secondary N) is 3. The Balaban J connectivity index is 1.86. The molecule has 86 valence electrons. The SMILES string of the molecule is N#CNc1cc(NCCc2ccc[nH]2)ncn1. The van der Waals surface area contributed by atoms with E-state index in [1.54, 1.807) is 6.07 Å². The van der Waals surface area contributed by atoms with Gasteiger partial charge in [0, 0.05) is 30.9 Å².